The van der Waals surface area contributed by atoms with Gasteiger partial charge in [-0.25, -0.2) is 4.98 Å². The Morgan fingerprint density at radius 2 is 1.62 bits per heavy atom. The van der Waals surface area contributed by atoms with Crippen molar-refractivity contribution in [2.75, 3.05) is 7.11 Å². The van der Waals surface area contributed by atoms with Gasteiger partial charge in [0.05, 0.1) is 24.6 Å². The molecule has 0 fully saturated rings. The number of hydrogen-bond donors (Lipinski definition) is 1. The maximum atomic E-state index is 13.2. The Morgan fingerprint density at radius 3 is 2.32 bits per heavy atom. The summed E-state index contributed by atoms with van der Waals surface area (Å²) < 4.78 is 19.0. The lowest BCUT2D eigenvalue weighted by atomic mass is 9.92. The van der Waals surface area contributed by atoms with Crippen molar-refractivity contribution in [3.8, 4) is 17.2 Å². The topological polar surface area (TPSA) is 82.3 Å². The van der Waals surface area contributed by atoms with E-state index in [1.807, 2.05) is 54.7 Å². The van der Waals surface area contributed by atoms with E-state index in [1.165, 1.54) is 0 Å². The number of ketones is 1. The first-order valence-electron chi connectivity index (χ1n) is 10.9. The molecule has 1 aliphatic rings. The highest BCUT2D eigenvalue weighted by Crippen LogP contribution is 2.41. The average Bonchev–Trinajstić information content (AvgIpc) is 3.35. The Hall–Kier alpha value is -4.26. The lowest BCUT2D eigenvalue weighted by Crippen LogP contribution is -2.29. The Balaban J connectivity index is 1.39. The van der Waals surface area contributed by atoms with Gasteiger partial charge in [0.15, 0.2) is 5.60 Å². The number of rotatable bonds is 6. The van der Waals surface area contributed by atoms with Gasteiger partial charge in [0.2, 0.25) is 5.78 Å². The van der Waals surface area contributed by atoms with Crippen molar-refractivity contribution in [3.63, 3.8) is 0 Å². The molecule has 1 aliphatic heterocycles. The number of carbonyl (C=O) groups excluding carboxylic acids is 1. The van der Waals surface area contributed by atoms with Crippen LogP contribution in [0.2, 0.25) is 0 Å². The molecule has 7 nitrogen and oxygen atoms in total. The Labute approximate surface area is 196 Å². The maximum Gasteiger partial charge on any atom is 0.210 e. The molecular weight excluding hydrogens is 432 g/mol. The van der Waals surface area contributed by atoms with Crippen LogP contribution in [0.4, 0.5) is 0 Å². The summed E-state index contributed by atoms with van der Waals surface area (Å²) in [4.78, 5) is 17.7. The van der Waals surface area contributed by atoms with Crippen LogP contribution in [0.25, 0.3) is 17.0 Å². The zero-order valence-electron chi connectivity index (χ0n) is 19.1. The van der Waals surface area contributed by atoms with Crippen molar-refractivity contribution in [2.24, 2.45) is 0 Å². The fraction of sp³-hybridized carbons (Fsp3) is 0.185. The quantitative estimate of drug-likeness (QED) is 0.446. The van der Waals surface area contributed by atoms with Gasteiger partial charge in [-0.3, -0.25) is 4.79 Å². The fourth-order valence-electron chi connectivity index (χ4n) is 3.94. The Bertz CT molecular complexity index is 1400. The number of Topliss-reactive ketones (excluding diaryl/α,β-unsaturated/α-hetero) is 1. The van der Waals surface area contributed by atoms with Crippen molar-refractivity contribution in [2.45, 2.75) is 26.1 Å². The van der Waals surface area contributed by atoms with Crippen molar-refractivity contribution >= 4 is 22.8 Å². The molecule has 0 radical (unpaired) electrons. The molecule has 0 saturated carbocycles. The minimum Gasteiger partial charge on any atom is -0.506 e. The van der Waals surface area contributed by atoms with Crippen molar-refractivity contribution in [1.82, 2.24) is 9.38 Å². The monoisotopic (exact) mass is 456 g/mol. The summed E-state index contributed by atoms with van der Waals surface area (Å²) in [5.41, 5.74) is 2.64. The largest absolute Gasteiger partial charge is 0.506 e. The highest BCUT2D eigenvalue weighted by atomic mass is 16.5. The number of hydrogen-bond acceptors (Lipinski definition) is 6. The predicted molar refractivity (Wildman–Crippen MR) is 128 cm³/mol. The van der Waals surface area contributed by atoms with Gasteiger partial charge < -0.3 is 23.7 Å². The number of pyridine rings is 1. The smallest absolute Gasteiger partial charge is 0.210 e. The van der Waals surface area contributed by atoms with Crippen LogP contribution in [-0.2, 0) is 16.1 Å². The van der Waals surface area contributed by atoms with Crippen molar-refractivity contribution in [1.29, 1.82) is 0 Å². The summed E-state index contributed by atoms with van der Waals surface area (Å²) in [6, 6.07) is 18.2. The van der Waals surface area contributed by atoms with Crippen LogP contribution in [0.1, 0.15) is 30.7 Å². The van der Waals surface area contributed by atoms with E-state index in [2.05, 4.69) is 4.98 Å². The first kappa shape index (κ1) is 21.6. The average molecular weight is 456 g/mol. The summed E-state index contributed by atoms with van der Waals surface area (Å²) in [6.45, 7) is 3.83. The van der Waals surface area contributed by atoms with Crippen molar-refractivity contribution < 1.29 is 24.1 Å². The van der Waals surface area contributed by atoms with Gasteiger partial charge in [0.1, 0.15) is 35.3 Å². The summed E-state index contributed by atoms with van der Waals surface area (Å²) in [6.07, 6.45) is 3.41. The molecule has 2 aromatic carbocycles. The van der Waals surface area contributed by atoms with E-state index in [9.17, 15) is 9.90 Å². The molecule has 5 rings (SSSR count). The van der Waals surface area contributed by atoms with Crippen LogP contribution in [0.5, 0.6) is 17.2 Å². The van der Waals surface area contributed by atoms with Crippen LogP contribution < -0.4 is 9.47 Å². The van der Waals surface area contributed by atoms with Crippen LogP contribution in [-0.4, -0.2) is 33.0 Å². The second-order valence-electron chi connectivity index (χ2n) is 8.57. The fourth-order valence-corrected chi connectivity index (χ4v) is 3.94. The summed E-state index contributed by atoms with van der Waals surface area (Å²) >= 11 is 0. The SMILES string of the molecule is COc1ccc(C2=C(c3ccc(OCc4cn5cc(O)ccc5n4)cc3)C(=O)C(C)(C)O2)cc1. The minimum absolute atomic E-state index is 0.0695. The highest BCUT2D eigenvalue weighted by molar-refractivity contribution is 6.32. The third kappa shape index (κ3) is 3.96. The van der Waals surface area contributed by atoms with Crippen LogP contribution in [0, 0.1) is 0 Å². The Kier molecular flexibility index (Phi) is 5.24. The summed E-state index contributed by atoms with van der Waals surface area (Å²) in [5, 5.41) is 9.61. The lowest BCUT2D eigenvalue weighted by molar-refractivity contribution is -0.125. The van der Waals surface area contributed by atoms with E-state index in [0.29, 0.717) is 17.1 Å². The number of methoxy groups -OCH3 is 1. The molecule has 34 heavy (non-hydrogen) atoms. The molecule has 0 spiro atoms. The van der Waals surface area contributed by atoms with E-state index in [0.717, 1.165) is 28.2 Å². The lowest BCUT2D eigenvalue weighted by Gasteiger charge is -2.17. The second kappa shape index (κ2) is 8.26. The number of fused-ring (bicyclic) bond motifs is 1. The molecule has 4 aromatic rings. The number of aromatic hydroxyl groups is 1. The van der Waals surface area contributed by atoms with Gasteiger partial charge >= 0.3 is 0 Å². The van der Waals surface area contributed by atoms with E-state index >= 15 is 0 Å². The molecule has 3 heterocycles. The minimum atomic E-state index is -0.947. The molecule has 0 bridgehead atoms. The zero-order chi connectivity index (χ0) is 23.9. The van der Waals surface area contributed by atoms with Gasteiger partial charge in [-0.2, -0.15) is 0 Å². The van der Waals surface area contributed by atoms with Crippen LogP contribution in [0.15, 0.2) is 73.1 Å². The van der Waals surface area contributed by atoms with Gasteiger partial charge in [-0.05, 0) is 67.9 Å². The molecular formula is C27H24N2O5. The molecule has 172 valence electrons. The third-order valence-corrected chi connectivity index (χ3v) is 5.73. The van der Waals surface area contributed by atoms with Gasteiger partial charge in [-0.15, -0.1) is 0 Å². The molecule has 0 unspecified atom stereocenters. The molecule has 0 saturated heterocycles. The molecule has 0 amide bonds. The number of benzene rings is 2. The van der Waals surface area contributed by atoms with E-state index in [4.69, 9.17) is 14.2 Å². The first-order valence-corrected chi connectivity index (χ1v) is 10.9. The first-order chi connectivity index (χ1) is 16.3. The van der Waals surface area contributed by atoms with E-state index in [-0.39, 0.29) is 18.1 Å². The third-order valence-electron chi connectivity index (χ3n) is 5.73. The normalized spacial score (nSPS) is 15.0. The van der Waals surface area contributed by atoms with Gasteiger partial charge in [0.25, 0.3) is 0 Å². The predicted octanol–water partition coefficient (Wildman–Crippen LogP) is 4.87. The van der Waals surface area contributed by atoms with Gasteiger partial charge in [0, 0.05) is 11.8 Å². The van der Waals surface area contributed by atoms with E-state index < -0.39 is 5.60 Å². The second-order valence-corrected chi connectivity index (χ2v) is 8.57. The van der Waals surface area contributed by atoms with Gasteiger partial charge in [-0.1, -0.05) is 12.1 Å². The number of nitrogens with zero attached hydrogens (tertiary/aromatic N) is 2. The van der Waals surface area contributed by atoms with Crippen molar-refractivity contribution in [3.05, 3.63) is 89.9 Å². The number of ether oxygens (including phenoxy) is 3. The summed E-state index contributed by atoms with van der Waals surface area (Å²) in [7, 11) is 1.61. The molecule has 7 heteroatoms. The number of carbonyl (C=O) groups is 1. The number of imidazole rings is 1. The van der Waals surface area contributed by atoms with Crippen LogP contribution >= 0.6 is 0 Å². The number of aromatic nitrogens is 2. The maximum absolute atomic E-state index is 13.2. The zero-order valence-corrected chi connectivity index (χ0v) is 19.1. The molecule has 0 aliphatic carbocycles. The van der Waals surface area contributed by atoms with Crippen LogP contribution in [0.3, 0.4) is 0 Å². The summed E-state index contributed by atoms with van der Waals surface area (Å²) in [5.74, 6) is 2.04. The highest BCUT2D eigenvalue weighted by Gasteiger charge is 2.42. The van der Waals surface area contributed by atoms with E-state index in [1.54, 1.807) is 43.7 Å². The molecule has 0 atom stereocenters. The molecule has 1 N–H and O–H groups in total. The standard InChI is InChI=1S/C27H24N2O5/c1-27(2)26(31)24(25(34-27)18-6-9-21(32-3)10-7-18)17-4-11-22(12-5-17)33-16-19-14-29-15-20(30)8-13-23(29)28-19/h4-15,30H,16H2,1-3H3. The molecule has 2 aromatic heterocycles. The Morgan fingerprint density at radius 1 is 0.941 bits per heavy atom.